The van der Waals surface area contributed by atoms with E-state index in [2.05, 4.69) is 0 Å². The van der Waals surface area contributed by atoms with Crippen molar-refractivity contribution in [2.24, 2.45) is 0 Å². The second-order valence-electron chi connectivity index (χ2n) is 0. The predicted molar refractivity (Wildman–Crippen MR) is 39.7 cm³/mol. The fourth-order valence-electron chi connectivity index (χ4n) is 0. The molecular weight excluding hydrogens is 392 g/mol. The number of nitrogens with zero attached hydrogens (tertiary/aromatic N) is 8. The summed E-state index contributed by atoms with van der Waals surface area (Å²) in [5.74, 6) is 0. The Bertz CT molecular complexity index is 132. The van der Waals surface area contributed by atoms with Crippen molar-refractivity contribution in [1.82, 2.24) is 0 Å². The van der Waals surface area contributed by atoms with Crippen LogP contribution in [0.15, 0.2) is 0 Å². The summed E-state index contributed by atoms with van der Waals surface area (Å²) in [5, 5.41) is 50.0. The summed E-state index contributed by atoms with van der Waals surface area (Å²) in [5.41, 5.74) is 0. The Morgan fingerprint density at radius 2 is 0.235 bits per heavy atom. The van der Waals surface area contributed by atoms with Crippen LogP contribution in [0.3, 0.4) is 0 Å². The van der Waals surface area contributed by atoms with Crippen molar-refractivity contribution in [1.29, 1.82) is 42.1 Å². The van der Waals surface area contributed by atoms with Crippen LogP contribution in [-0.2, 0) is 21.1 Å². The molecule has 0 saturated heterocycles. The molecule has 8 nitrogen and oxygen atoms in total. The van der Waals surface area contributed by atoms with Gasteiger partial charge in [0.25, 0.3) is 0 Å². The van der Waals surface area contributed by atoms with E-state index in [0.29, 0.717) is 0 Å². The van der Waals surface area contributed by atoms with Gasteiger partial charge < -0.3 is 94.7 Å². The molecule has 0 bridgehead atoms. The zero-order valence-corrected chi connectivity index (χ0v) is 10.9. The summed E-state index contributed by atoms with van der Waals surface area (Å²) in [6.45, 7) is 38.0. The molecule has 17 heavy (non-hydrogen) atoms. The molecule has 0 saturated carbocycles. The molecule has 0 aliphatic rings. The molecule has 0 heterocycles. The van der Waals surface area contributed by atoms with E-state index >= 15 is 0 Å². The first-order valence-corrected chi connectivity index (χ1v) is 1.79. The number of rotatable bonds is 0. The molecule has 9 heteroatoms. The Kier molecular flexibility index (Phi) is 885. The normalized spacial score (nSPS) is 0.941. The summed E-state index contributed by atoms with van der Waals surface area (Å²) in [4.78, 5) is 0. The molecule has 0 rings (SSSR count). The van der Waals surface area contributed by atoms with Crippen LogP contribution in [0.5, 0.6) is 0 Å². The van der Waals surface area contributed by atoms with E-state index in [1.807, 2.05) is 0 Å². The third kappa shape index (κ3) is 123. The van der Waals surface area contributed by atoms with E-state index in [0.717, 1.165) is 0 Å². The van der Waals surface area contributed by atoms with Gasteiger partial charge in [0.2, 0.25) is 0 Å². The maximum Gasteiger partial charge on any atom is 0 e. The standard InChI is InChI=1S/8CN.W/c8*1-2;/q8*-1;. The summed E-state index contributed by atoms with van der Waals surface area (Å²) in [6.07, 6.45) is 0. The second kappa shape index (κ2) is 148. The zero-order valence-electron chi connectivity index (χ0n) is 7.99. The Labute approximate surface area is 116 Å². The maximum atomic E-state index is 6.25. The van der Waals surface area contributed by atoms with Crippen molar-refractivity contribution >= 4 is 0 Å². The van der Waals surface area contributed by atoms with Crippen LogP contribution in [0.1, 0.15) is 0 Å². The van der Waals surface area contributed by atoms with E-state index in [-0.39, 0.29) is 21.1 Å². The third-order valence-corrected chi connectivity index (χ3v) is 0. The van der Waals surface area contributed by atoms with Crippen LogP contribution in [0, 0.1) is 94.7 Å². The summed E-state index contributed by atoms with van der Waals surface area (Å²) < 4.78 is 0. The number of hydrogen-bond donors (Lipinski definition) is 0. The predicted octanol–water partition coefficient (Wildman–Crippen LogP) is 0.768. The summed E-state index contributed by atoms with van der Waals surface area (Å²) >= 11 is 0. The minimum atomic E-state index is 0. The van der Waals surface area contributed by atoms with Gasteiger partial charge in [-0.1, -0.05) is 0 Å². The van der Waals surface area contributed by atoms with E-state index in [1.165, 1.54) is 0 Å². The molecule has 0 aromatic heterocycles. The van der Waals surface area contributed by atoms with Gasteiger partial charge in [0.15, 0.2) is 0 Å². The molecule has 0 N–H and O–H groups in total. The van der Waals surface area contributed by atoms with Crippen LogP contribution in [-0.4, -0.2) is 0 Å². The molecule has 0 atom stereocenters. The monoisotopic (exact) mass is 392 g/mol. The second-order valence-corrected chi connectivity index (χ2v) is 0. The largest absolute Gasteiger partial charge is 0.512 e. The quantitative estimate of drug-likeness (QED) is 0.540. The van der Waals surface area contributed by atoms with E-state index in [9.17, 15) is 0 Å². The van der Waals surface area contributed by atoms with Gasteiger partial charge in [0.1, 0.15) is 0 Å². The smallest absolute Gasteiger partial charge is 0 e. The molecular formula is C8N8W-8. The number of hydrogen-bond acceptors (Lipinski definition) is 8. The first kappa shape index (κ1) is 102. The van der Waals surface area contributed by atoms with E-state index in [1.54, 1.807) is 0 Å². The zero-order chi connectivity index (χ0) is 16.0. The molecule has 0 aromatic carbocycles. The molecule has 0 aliphatic carbocycles. The van der Waals surface area contributed by atoms with Gasteiger partial charge in [-0.3, -0.25) is 0 Å². The molecule has 0 radical (unpaired) electrons. The van der Waals surface area contributed by atoms with Crippen LogP contribution in [0.2, 0.25) is 0 Å². The molecule has 0 unspecified atom stereocenters. The van der Waals surface area contributed by atoms with E-state index < -0.39 is 0 Å². The van der Waals surface area contributed by atoms with Crippen molar-refractivity contribution in [2.45, 2.75) is 0 Å². The maximum absolute atomic E-state index is 6.25. The molecule has 0 spiro atoms. The molecule has 0 fully saturated rings. The van der Waals surface area contributed by atoms with Crippen molar-refractivity contribution in [2.75, 3.05) is 0 Å². The first-order chi connectivity index (χ1) is 8.00. The van der Waals surface area contributed by atoms with Gasteiger partial charge in [-0.05, 0) is 0 Å². The van der Waals surface area contributed by atoms with Gasteiger partial charge >= 0.3 is 0 Å². The van der Waals surface area contributed by atoms with E-state index in [4.69, 9.17) is 94.7 Å². The van der Waals surface area contributed by atoms with Crippen LogP contribution in [0.25, 0.3) is 0 Å². The van der Waals surface area contributed by atoms with Crippen molar-refractivity contribution in [3.8, 4) is 0 Å². The van der Waals surface area contributed by atoms with Crippen molar-refractivity contribution in [3.05, 3.63) is 52.6 Å². The van der Waals surface area contributed by atoms with Crippen LogP contribution < -0.4 is 0 Å². The Morgan fingerprint density at radius 3 is 0.235 bits per heavy atom. The molecule has 0 aromatic rings. The first-order valence-electron chi connectivity index (χ1n) is 1.79. The topological polar surface area (TPSA) is 190 Å². The van der Waals surface area contributed by atoms with Gasteiger partial charge in [-0.15, -0.1) is 0 Å². The van der Waals surface area contributed by atoms with Crippen molar-refractivity contribution < 1.29 is 21.1 Å². The summed E-state index contributed by atoms with van der Waals surface area (Å²) in [7, 11) is 0. The third-order valence-electron chi connectivity index (χ3n) is 0. The van der Waals surface area contributed by atoms with Crippen molar-refractivity contribution in [3.63, 3.8) is 0 Å². The van der Waals surface area contributed by atoms with Crippen LogP contribution in [0.4, 0.5) is 0 Å². The fourth-order valence-corrected chi connectivity index (χ4v) is 0. The molecule has 86 valence electrons. The van der Waals surface area contributed by atoms with Gasteiger partial charge in [0, 0.05) is 21.1 Å². The van der Waals surface area contributed by atoms with Gasteiger partial charge in [-0.25, -0.2) is 0 Å². The summed E-state index contributed by atoms with van der Waals surface area (Å²) in [6, 6.07) is 0. The van der Waals surface area contributed by atoms with Gasteiger partial charge in [-0.2, -0.15) is 0 Å². The SMILES string of the molecule is [C-]#N.[C-]#N.[C-]#N.[C-]#N.[C-]#N.[C-]#N.[C-]#N.[C-]#N.[W]. The molecule has 0 amide bonds. The Hall–Kier alpha value is -3.39. The fraction of sp³-hybridized carbons (Fsp3) is 0. The molecule has 0 aliphatic heterocycles. The minimum Gasteiger partial charge on any atom is -0.512 e. The average molecular weight is 392 g/mol. The Morgan fingerprint density at radius 1 is 0.235 bits per heavy atom. The van der Waals surface area contributed by atoms with Gasteiger partial charge in [0.05, 0.1) is 0 Å². The average Bonchev–Trinajstić information content (AvgIpc) is 2.54. The Balaban J connectivity index is -0.00000000610. The minimum absolute atomic E-state index is 0. The van der Waals surface area contributed by atoms with Crippen LogP contribution >= 0.6 is 0 Å².